The monoisotopic (exact) mass is 260 g/mol. The summed E-state index contributed by atoms with van der Waals surface area (Å²) in [5, 5.41) is 0. The van der Waals surface area contributed by atoms with E-state index in [4.69, 9.17) is 10.5 Å². The number of carbonyl (C=O) groups is 1. The second-order valence-electron chi connectivity index (χ2n) is 6.03. The lowest BCUT2D eigenvalue weighted by Crippen LogP contribution is -2.71. The van der Waals surface area contributed by atoms with E-state index in [9.17, 15) is 4.79 Å². The molecule has 2 heterocycles. The van der Waals surface area contributed by atoms with Crippen LogP contribution in [0, 0.1) is 5.92 Å². The van der Waals surface area contributed by atoms with Gasteiger partial charge < -0.3 is 15.4 Å². The van der Waals surface area contributed by atoms with Crippen molar-refractivity contribution in [1.82, 2.24) is 4.90 Å². The Morgan fingerprint density at radius 3 is 2.68 bits per heavy atom. The molecule has 0 spiro atoms. The predicted octanol–water partition coefficient (Wildman–Crippen LogP) is 1.53. The van der Waals surface area contributed by atoms with E-state index in [-0.39, 0.29) is 11.4 Å². The van der Waals surface area contributed by atoms with Crippen LogP contribution in [0.1, 0.15) is 35.3 Å². The van der Waals surface area contributed by atoms with Gasteiger partial charge in [-0.2, -0.15) is 0 Å². The third kappa shape index (κ3) is 2.05. The minimum Gasteiger partial charge on any atom is -0.372 e. The normalized spacial score (nSPS) is 20.3. The van der Waals surface area contributed by atoms with Gasteiger partial charge in [0.15, 0.2) is 0 Å². The lowest BCUT2D eigenvalue weighted by molar-refractivity contribution is 0.0275. The van der Waals surface area contributed by atoms with Gasteiger partial charge in [-0.05, 0) is 29.2 Å². The number of carbonyl (C=O) groups excluding carboxylic acids is 1. The van der Waals surface area contributed by atoms with Gasteiger partial charge >= 0.3 is 0 Å². The Balaban J connectivity index is 1.72. The molecule has 1 aromatic rings. The molecule has 1 fully saturated rings. The Morgan fingerprint density at radius 2 is 2.00 bits per heavy atom. The molecule has 0 bridgehead atoms. The zero-order chi connectivity index (χ0) is 13.6. The van der Waals surface area contributed by atoms with Crippen LogP contribution in [0.25, 0.3) is 0 Å². The van der Waals surface area contributed by atoms with E-state index in [1.54, 1.807) is 0 Å². The van der Waals surface area contributed by atoms with Gasteiger partial charge in [0.2, 0.25) is 0 Å². The molecule has 4 heteroatoms. The van der Waals surface area contributed by atoms with E-state index in [0.29, 0.717) is 32.2 Å². The van der Waals surface area contributed by atoms with Gasteiger partial charge in [-0.1, -0.05) is 19.9 Å². The van der Waals surface area contributed by atoms with E-state index in [1.807, 2.05) is 23.1 Å². The number of likely N-dealkylation sites (tertiary alicyclic amines) is 1. The molecule has 0 atom stereocenters. The summed E-state index contributed by atoms with van der Waals surface area (Å²) in [5.41, 5.74) is 9.08. The molecule has 1 aromatic carbocycles. The Kier molecular flexibility index (Phi) is 2.87. The second kappa shape index (κ2) is 4.32. The quantitative estimate of drug-likeness (QED) is 0.877. The van der Waals surface area contributed by atoms with Crippen molar-refractivity contribution in [2.24, 2.45) is 11.7 Å². The van der Waals surface area contributed by atoms with E-state index in [2.05, 4.69) is 13.8 Å². The minimum absolute atomic E-state index is 0.0800. The summed E-state index contributed by atoms with van der Waals surface area (Å²) < 4.78 is 5.37. The average molecular weight is 260 g/mol. The molecule has 2 aliphatic rings. The van der Waals surface area contributed by atoms with Crippen LogP contribution in [0.5, 0.6) is 0 Å². The van der Waals surface area contributed by atoms with E-state index in [1.165, 1.54) is 5.56 Å². The van der Waals surface area contributed by atoms with Crippen LogP contribution in [0.15, 0.2) is 18.2 Å². The molecule has 0 radical (unpaired) electrons. The molecule has 1 amide bonds. The maximum Gasteiger partial charge on any atom is 0.253 e. The molecule has 19 heavy (non-hydrogen) atoms. The number of nitrogens with two attached hydrogens (primary N) is 1. The first-order chi connectivity index (χ1) is 8.99. The third-order valence-corrected chi connectivity index (χ3v) is 4.38. The molecule has 0 unspecified atom stereocenters. The summed E-state index contributed by atoms with van der Waals surface area (Å²) in [6, 6.07) is 5.84. The Morgan fingerprint density at radius 1 is 1.32 bits per heavy atom. The van der Waals surface area contributed by atoms with Crippen LogP contribution in [0.4, 0.5) is 0 Å². The molecule has 1 saturated heterocycles. The van der Waals surface area contributed by atoms with Gasteiger partial charge in [0.25, 0.3) is 5.91 Å². The van der Waals surface area contributed by atoms with Gasteiger partial charge in [-0.15, -0.1) is 0 Å². The van der Waals surface area contributed by atoms with E-state index in [0.717, 1.165) is 11.1 Å². The van der Waals surface area contributed by atoms with Crippen LogP contribution in [0.2, 0.25) is 0 Å². The topological polar surface area (TPSA) is 55.6 Å². The van der Waals surface area contributed by atoms with Crippen LogP contribution in [0.3, 0.4) is 0 Å². The predicted molar refractivity (Wildman–Crippen MR) is 72.6 cm³/mol. The van der Waals surface area contributed by atoms with Gasteiger partial charge in [0.1, 0.15) is 0 Å². The van der Waals surface area contributed by atoms with Crippen molar-refractivity contribution in [1.29, 1.82) is 0 Å². The highest BCUT2D eigenvalue weighted by atomic mass is 16.5. The largest absolute Gasteiger partial charge is 0.372 e. The molecule has 2 N–H and O–H groups in total. The standard InChI is InChI=1S/C15H20N2O2/c1-10(2)15(16)8-17(9-15)14(18)11-3-4-12-6-19-7-13(12)5-11/h3-5,10H,6-9,16H2,1-2H3. The number of ether oxygens (including phenoxy) is 1. The molecule has 102 valence electrons. The molecule has 2 aliphatic heterocycles. The van der Waals surface area contributed by atoms with Crippen LogP contribution >= 0.6 is 0 Å². The third-order valence-electron chi connectivity index (χ3n) is 4.38. The molecule has 3 rings (SSSR count). The lowest BCUT2D eigenvalue weighted by Gasteiger charge is -2.50. The maximum atomic E-state index is 12.4. The number of fused-ring (bicyclic) bond motifs is 1. The summed E-state index contributed by atoms with van der Waals surface area (Å²) in [6.45, 7) is 6.79. The zero-order valence-corrected chi connectivity index (χ0v) is 11.5. The average Bonchev–Trinajstić information content (AvgIpc) is 2.80. The first kappa shape index (κ1) is 12.6. The van der Waals surface area contributed by atoms with Crippen LogP contribution < -0.4 is 5.73 Å². The second-order valence-corrected chi connectivity index (χ2v) is 6.03. The van der Waals surface area contributed by atoms with Gasteiger partial charge in [-0.3, -0.25) is 4.79 Å². The summed E-state index contributed by atoms with van der Waals surface area (Å²) in [6.07, 6.45) is 0. The highest BCUT2D eigenvalue weighted by molar-refractivity contribution is 5.95. The number of benzene rings is 1. The number of hydrogen-bond acceptors (Lipinski definition) is 3. The van der Waals surface area contributed by atoms with Crippen molar-refractivity contribution in [2.45, 2.75) is 32.6 Å². The van der Waals surface area contributed by atoms with Crippen molar-refractivity contribution in [2.75, 3.05) is 13.1 Å². The molecule has 0 aromatic heterocycles. The number of hydrogen-bond donors (Lipinski definition) is 1. The van der Waals surface area contributed by atoms with Gasteiger partial charge in [-0.25, -0.2) is 0 Å². The molecule has 0 saturated carbocycles. The van der Waals surface area contributed by atoms with E-state index < -0.39 is 0 Å². The molecular weight excluding hydrogens is 240 g/mol. The first-order valence-corrected chi connectivity index (χ1v) is 6.77. The molecular formula is C15H20N2O2. The minimum atomic E-state index is -0.213. The molecule has 0 aliphatic carbocycles. The van der Waals surface area contributed by atoms with Crippen molar-refractivity contribution < 1.29 is 9.53 Å². The lowest BCUT2D eigenvalue weighted by atomic mass is 9.80. The molecule has 4 nitrogen and oxygen atoms in total. The highest BCUT2D eigenvalue weighted by Gasteiger charge is 2.44. The maximum absolute atomic E-state index is 12.4. The van der Waals surface area contributed by atoms with Crippen LogP contribution in [-0.2, 0) is 18.0 Å². The fourth-order valence-corrected chi connectivity index (χ4v) is 2.66. The summed E-state index contributed by atoms with van der Waals surface area (Å²) in [7, 11) is 0. The van der Waals surface area contributed by atoms with Gasteiger partial charge in [0.05, 0.1) is 18.8 Å². The number of amides is 1. The number of nitrogens with zero attached hydrogens (tertiary/aromatic N) is 1. The van der Waals surface area contributed by atoms with Crippen LogP contribution in [-0.4, -0.2) is 29.4 Å². The fourth-order valence-electron chi connectivity index (χ4n) is 2.66. The van der Waals surface area contributed by atoms with E-state index >= 15 is 0 Å². The van der Waals surface area contributed by atoms with Crippen molar-refractivity contribution in [3.63, 3.8) is 0 Å². The summed E-state index contributed by atoms with van der Waals surface area (Å²) in [4.78, 5) is 14.2. The van der Waals surface area contributed by atoms with Crippen molar-refractivity contribution >= 4 is 5.91 Å². The van der Waals surface area contributed by atoms with Gasteiger partial charge in [0, 0.05) is 18.7 Å². The highest BCUT2D eigenvalue weighted by Crippen LogP contribution is 2.28. The first-order valence-electron chi connectivity index (χ1n) is 6.77. The fraction of sp³-hybridized carbons (Fsp3) is 0.533. The van der Waals surface area contributed by atoms with Crippen molar-refractivity contribution in [3.8, 4) is 0 Å². The smallest absolute Gasteiger partial charge is 0.253 e. The SMILES string of the molecule is CC(C)C1(N)CN(C(=O)c2ccc3c(c2)COC3)C1. The summed E-state index contributed by atoms with van der Waals surface area (Å²) >= 11 is 0. The Bertz CT molecular complexity index is 519. The summed E-state index contributed by atoms with van der Waals surface area (Å²) in [5.74, 6) is 0.474. The number of rotatable bonds is 2. The Labute approximate surface area is 113 Å². The zero-order valence-electron chi connectivity index (χ0n) is 11.5. The van der Waals surface area contributed by atoms with Crippen molar-refractivity contribution in [3.05, 3.63) is 34.9 Å². The Hall–Kier alpha value is -1.39.